The molecule has 0 saturated heterocycles. The zero-order valence-corrected chi connectivity index (χ0v) is 76.8. The molecule has 16 rings (SSSR count). The van der Waals surface area contributed by atoms with Crippen LogP contribution in [0.4, 0.5) is 26.1 Å². The van der Waals surface area contributed by atoms with Crippen molar-refractivity contribution in [2.24, 2.45) is 0 Å². The molecule has 0 aliphatic rings. The molecular formula is C96H87BClF6I2KN8O9. The molecule has 124 heavy (non-hydrogen) atoms. The third kappa shape index (κ3) is 31.3. The Morgan fingerprint density at radius 3 is 1.18 bits per heavy atom. The van der Waals surface area contributed by atoms with E-state index in [9.17, 15) is 30.9 Å². The number of ether oxygens (including phenoxy) is 6. The van der Waals surface area contributed by atoms with E-state index in [-0.39, 0.29) is 70.2 Å². The predicted octanol–water partition coefficient (Wildman–Crippen LogP) is 18.2. The molecule has 0 fully saturated rings. The Labute approximate surface area is 789 Å². The molecular weight excluding hydrogens is 1860 g/mol. The fraction of sp³-hybridized carbons (Fsp3) is 0.167. The maximum absolute atomic E-state index is 14.2. The van der Waals surface area contributed by atoms with Crippen LogP contribution in [0.1, 0.15) is 61.2 Å². The van der Waals surface area contributed by atoms with Gasteiger partial charge in [-0.25, -0.2) is 15.0 Å². The van der Waals surface area contributed by atoms with Crippen molar-refractivity contribution in [1.29, 1.82) is 0 Å². The summed E-state index contributed by atoms with van der Waals surface area (Å²) in [6, 6.07) is 75.7. The number of hydrogen-bond donors (Lipinski definition) is 3. The number of aromatic nitrogens is 8. The van der Waals surface area contributed by atoms with Gasteiger partial charge in [0.05, 0.1) is 68.7 Å². The number of nitrogens with one attached hydrogen (secondary N) is 1. The van der Waals surface area contributed by atoms with E-state index in [1.54, 1.807) is 102 Å². The Balaban J connectivity index is 0.000000170. The van der Waals surface area contributed by atoms with Gasteiger partial charge in [0, 0.05) is 164 Å². The summed E-state index contributed by atoms with van der Waals surface area (Å²) < 4.78 is 110. The monoisotopic (exact) mass is 1950 g/mol. The quantitative estimate of drug-likeness (QED) is 0.0222. The van der Waals surface area contributed by atoms with Crippen molar-refractivity contribution in [3.05, 3.63) is 394 Å². The van der Waals surface area contributed by atoms with Gasteiger partial charge in [0.1, 0.15) is 34.5 Å². The van der Waals surface area contributed by atoms with Crippen LogP contribution in [0.2, 0.25) is 5.02 Å². The molecule has 0 unspecified atom stereocenters. The number of aliphatic hydroxyl groups is 2. The van der Waals surface area contributed by atoms with Gasteiger partial charge in [-0.05, 0) is 195 Å². The van der Waals surface area contributed by atoms with Gasteiger partial charge in [-0.3, -0.25) is 24.7 Å². The molecule has 0 aliphatic carbocycles. The number of fused-ring (bicyclic) bond motifs is 4. The summed E-state index contributed by atoms with van der Waals surface area (Å²) in [5.41, 5.74) is 12.5. The number of aromatic amines is 1. The average Bonchev–Trinajstić information content (AvgIpc) is 0.811. The molecule has 0 radical (unpaired) electrons. The average molecular weight is 1950 g/mol. The number of benzene rings is 8. The van der Waals surface area contributed by atoms with Crippen molar-refractivity contribution in [3.63, 3.8) is 0 Å². The minimum atomic E-state index is -4.68. The molecule has 0 amide bonds. The van der Waals surface area contributed by atoms with Gasteiger partial charge in [0.15, 0.2) is 0 Å². The minimum absolute atomic E-state index is 0. The van der Waals surface area contributed by atoms with E-state index >= 15 is 0 Å². The summed E-state index contributed by atoms with van der Waals surface area (Å²) in [5, 5.41) is 22.0. The molecule has 0 aliphatic heterocycles. The number of rotatable bonds is 24. The topological polar surface area (TPSA) is 219 Å². The SMILES string of the molecule is COc1ccc2c(Cl)ccnc2c1.COc1ccc2c(I)ccnc2c1.COc1ccc2c(OCCc3cc(Cc4ccccc4)c[nH]c3=O)ccnc2c1.COc1ccc2c(OCCc3cc(Cc4ccccc4)cnc3F)ccnc2c1.F[B-](F)(F)Cc1ccccc1.OCCc1cc(Cc2ccccc2)cnc1F.OCCc1cc(I)cnc1F.[K+]. The van der Waals surface area contributed by atoms with Gasteiger partial charge in [-0.1, -0.05) is 145 Å². The summed E-state index contributed by atoms with van der Waals surface area (Å²) in [7, 11) is 6.54. The van der Waals surface area contributed by atoms with Gasteiger partial charge < -0.3 is 56.6 Å². The summed E-state index contributed by atoms with van der Waals surface area (Å²) >= 11 is 10.3. The molecule has 28 heteroatoms. The first-order chi connectivity index (χ1) is 59.7. The second-order valence-corrected chi connectivity index (χ2v) is 30.1. The molecule has 0 bridgehead atoms. The Bertz CT molecular complexity index is 6020. The first-order valence-electron chi connectivity index (χ1n) is 38.8. The van der Waals surface area contributed by atoms with Gasteiger partial charge in [0.2, 0.25) is 17.8 Å². The molecule has 8 aromatic heterocycles. The van der Waals surface area contributed by atoms with Crippen LogP contribution in [0.25, 0.3) is 43.6 Å². The number of halogens is 9. The molecule has 8 aromatic carbocycles. The van der Waals surface area contributed by atoms with Gasteiger partial charge in [-0.2, -0.15) is 13.2 Å². The molecule has 16 aromatic rings. The van der Waals surface area contributed by atoms with Crippen molar-refractivity contribution in [2.45, 2.75) is 51.3 Å². The molecule has 632 valence electrons. The van der Waals surface area contributed by atoms with Crippen molar-refractivity contribution in [1.82, 2.24) is 39.9 Å². The number of methoxy groups -OCH3 is 4. The first-order valence-corrected chi connectivity index (χ1v) is 41.4. The number of nitrogens with zero attached hydrogens (tertiary/aromatic N) is 7. The van der Waals surface area contributed by atoms with Crippen LogP contribution in [0.5, 0.6) is 34.5 Å². The minimum Gasteiger partial charge on any atom is -0.497 e. The van der Waals surface area contributed by atoms with E-state index < -0.39 is 31.1 Å². The molecule has 0 spiro atoms. The van der Waals surface area contributed by atoms with Crippen molar-refractivity contribution in [3.8, 4) is 34.5 Å². The van der Waals surface area contributed by atoms with Crippen molar-refractivity contribution >= 4 is 107 Å². The van der Waals surface area contributed by atoms with E-state index in [4.69, 9.17) is 50.2 Å². The van der Waals surface area contributed by atoms with Crippen LogP contribution in [0.3, 0.4) is 0 Å². The second kappa shape index (κ2) is 51.1. The largest absolute Gasteiger partial charge is 1.00 e. The summed E-state index contributed by atoms with van der Waals surface area (Å²) in [6.45, 7) is -4.04. The van der Waals surface area contributed by atoms with Crippen LogP contribution < -0.4 is 85.4 Å². The zero-order chi connectivity index (χ0) is 87.3. The second-order valence-electron chi connectivity index (χ2n) is 27.3. The Morgan fingerprint density at radius 2 is 0.742 bits per heavy atom. The third-order valence-corrected chi connectivity index (χ3v) is 20.4. The van der Waals surface area contributed by atoms with Crippen LogP contribution in [0.15, 0.2) is 297 Å². The third-order valence-electron chi connectivity index (χ3n) is 18.6. The van der Waals surface area contributed by atoms with Crippen LogP contribution in [-0.4, -0.2) is 112 Å². The van der Waals surface area contributed by atoms with Crippen molar-refractivity contribution in [2.75, 3.05) is 54.9 Å². The maximum atomic E-state index is 14.2. The van der Waals surface area contributed by atoms with E-state index in [1.165, 1.54) is 38.4 Å². The summed E-state index contributed by atoms with van der Waals surface area (Å²) in [6.07, 6.45) is 16.3. The van der Waals surface area contributed by atoms with E-state index in [0.717, 1.165) is 118 Å². The first kappa shape index (κ1) is 97.4. The summed E-state index contributed by atoms with van der Waals surface area (Å²) in [4.78, 5) is 43.4. The van der Waals surface area contributed by atoms with E-state index in [2.05, 4.69) is 109 Å². The number of pyridine rings is 8. The Kier molecular flexibility index (Phi) is 40.1. The normalized spacial score (nSPS) is 10.6. The standard InChI is InChI=1S/C24H21FN2O2.C24H22N2O3.C14H14FNO.C10H8ClNO.C10H8INO.C7H7BF3.C7H7FINO.K/c1-28-20-7-8-21-22(15-20)26-11-9-23(21)29-12-10-19-14-18(16-27-24(19)25)13-17-5-3-2-4-6-17;1-28-20-7-8-21-22(15-20)25-11-9-23(21)29-12-10-19-14-18(16-26-24(19)27)13-17-5-3-2-4-6-17;15-14-13(6-7-17)9-12(10-16-14)8-11-4-2-1-3-5-11;2*1-13-7-2-3-8-9(11)4-5-12-10(8)6-7;9-8(10,11)6-7-4-2-1-3-5-7;8-7-5(1-2-11)3-6(9)4-10-7;/h2-9,11,14-16H,10,12-13H2,1H3;2-9,11,14-16H,10,12-13H2,1H3,(H,26,27);1-5,9-10,17H,6-8H2;2*2-6H,1H3;1-5H,6H2;3-4,11H,1-2H2;/q;;;;;-1;;+1. The summed E-state index contributed by atoms with van der Waals surface area (Å²) in [5.74, 6) is 3.17. The van der Waals surface area contributed by atoms with E-state index in [0.29, 0.717) is 71.9 Å². The Hall–Kier alpha value is -10.4. The van der Waals surface area contributed by atoms with Crippen LogP contribution in [-0.2, 0) is 51.3 Å². The van der Waals surface area contributed by atoms with Crippen LogP contribution >= 0.6 is 56.8 Å². The molecule has 3 N–H and O–H groups in total. The smallest absolute Gasteiger partial charge is 0.497 e. The van der Waals surface area contributed by atoms with Crippen molar-refractivity contribution < 1.29 is 116 Å². The fourth-order valence-electron chi connectivity index (χ4n) is 12.4. The number of aliphatic hydroxyl groups excluding tert-OH is 2. The fourth-order valence-corrected chi connectivity index (χ4v) is 13.8. The molecule has 0 atom stereocenters. The molecule has 17 nitrogen and oxygen atoms in total. The van der Waals surface area contributed by atoms with Gasteiger partial charge >= 0.3 is 58.4 Å². The molecule has 0 saturated carbocycles. The predicted molar refractivity (Wildman–Crippen MR) is 490 cm³/mol. The zero-order valence-electron chi connectivity index (χ0n) is 68.6. The van der Waals surface area contributed by atoms with E-state index in [1.807, 2.05) is 176 Å². The number of H-pyrrole nitrogens is 1. The Morgan fingerprint density at radius 1 is 0.387 bits per heavy atom. The maximum Gasteiger partial charge on any atom is 1.00 e. The van der Waals surface area contributed by atoms with Gasteiger partial charge in [0.25, 0.3) is 5.56 Å². The molecule has 8 heterocycles. The number of hydrogen-bond acceptors (Lipinski definition) is 16. The van der Waals surface area contributed by atoms with Gasteiger partial charge in [-0.15, -0.1) is 0 Å². The van der Waals surface area contributed by atoms with Crippen LogP contribution in [0, 0.1) is 25.0 Å².